The number of hydrogen-bond acceptors (Lipinski definition) is 1. The van der Waals surface area contributed by atoms with E-state index in [-0.39, 0.29) is 6.04 Å². The molecule has 16 heavy (non-hydrogen) atoms. The summed E-state index contributed by atoms with van der Waals surface area (Å²) in [7, 11) is 0. The first-order valence-corrected chi connectivity index (χ1v) is 6.12. The first-order valence-electron chi connectivity index (χ1n) is 6.12. The van der Waals surface area contributed by atoms with E-state index in [1.165, 1.54) is 41.2 Å². The third kappa shape index (κ3) is 1.52. The molecule has 0 radical (unpaired) electrons. The SMILES string of the molecule is NC1CCCCc2c1ccc1ccccc21. The Kier molecular flexibility index (Phi) is 2.41. The number of rotatable bonds is 0. The summed E-state index contributed by atoms with van der Waals surface area (Å²) in [6.45, 7) is 0. The van der Waals surface area contributed by atoms with Gasteiger partial charge in [0.1, 0.15) is 0 Å². The molecule has 1 heteroatoms. The van der Waals surface area contributed by atoms with Crippen LogP contribution in [0.4, 0.5) is 0 Å². The smallest absolute Gasteiger partial charge is 0.0297 e. The summed E-state index contributed by atoms with van der Waals surface area (Å²) in [6.07, 6.45) is 4.84. The van der Waals surface area contributed by atoms with E-state index in [0.29, 0.717) is 0 Å². The summed E-state index contributed by atoms with van der Waals surface area (Å²) in [5.41, 5.74) is 9.10. The zero-order valence-electron chi connectivity index (χ0n) is 9.45. The molecule has 0 heterocycles. The Bertz CT molecular complexity index is 516. The van der Waals surface area contributed by atoms with E-state index in [4.69, 9.17) is 5.73 Å². The zero-order chi connectivity index (χ0) is 11.0. The molecule has 0 fully saturated rings. The van der Waals surface area contributed by atoms with Crippen molar-refractivity contribution in [3.05, 3.63) is 47.5 Å². The average Bonchev–Trinajstić information content (AvgIpc) is 2.52. The molecule has 0 bridgehead atoms. The molecule has 3 rings (SSSR count). The number of hydrogen-bond donors (Lipinski definition) is 1. The van der Waals surface area contributed by atoms with Crippen LogP contribution in [-0.4, -0.2) is 0 Å². The Morgan fingerprint density at radius 1 is 1.00 bits per heavy atom. The highest BCUT2D eigenvalue weighted by Crippen LogP contribution is 2.32. The second kappa shape index (κ2) is 3.91. The van der Waals surface area contributed by atoms with Gasteiger partial charge in [-0.25, -0.2) is 0 Å². The van der Waals surface area contributed by atoms with Crippen molar-refractivity contribution >= 4 is 10.8 Å². The molecular weight excluding hydrogens is 194 g/mol. The predicted molar refractivity (Wildman–Crippen MR) is 68.4 cm³/mol. The Morgan fingerprint density at radius 2 is 1.88 bits per heavy atom. The van der Waals surface area contributed by atoms with Crippen LogP contribution in [-0.2, 0) is 6.42 Å². The van der Waals surface area contributed by atoms with Gasteiger partial charge in [-0.05, 0) is 41.2 Å². The highest BCUT2D eigenvalue weighted by Gasteiger charge is 2.16. The van der Waals surface area contributed by atoms with Crippen molar-refractivity contribution in [2.24, 2.45) is 5.73 Å². The molecule has 2 N–H and O–H groups in total. The van der Waals surface area contributed by atoms with Gasteiger partial charge in [0.15, 0.2) is 0 Å². The summed E-state index contributed by atoms with van der Waals surface area (Å²) >= 11 is 0. The topological polar surface area (TPSA) is 26.0 Å². The first kappa shape index (κ1) is 9.86. The van der Waals surface area contributed by atoms with Crippen molar-refractivity contribution in [1.82, 2.24) is 0 Å². The molecule has 1 atom stereocenters. The van der Waals surface area contributed by atoms with Gasteiger partial charge in [0.2, 0.25) is 0 Å². The normalized spacial score (nSPS) is 20.4. The average molecular weight is 211 g/mol. The van der Waals surface area contributed by atoms with Crippen molar-refractivity contribution in [2.75, 3.05) is 0 Å². The molecule has 0 amide bonds. The highest BCUT2D eigenvalue weighted by atomic mass is 14.6. The van der Waals surface area contributed by atoms with E-state index in [0.717, 1.165) is 6.42 Å². The Labute approximate surface area is 96.3 Å². The van der Waals surface area contributed by atoms with Gasteiger partial charge in [0.25, 0.3) is 0 Å². The summed E-state index contributed by atoms with van der Waals surface area (Å²) < 4.78 is 0. The second-order valence-electron chi connectivity index (χ2n) is 4.71. The van der Waals surface area contributed by atoms with Gasteiger partial charge >= 0.3 is 0 Å². The fourth-order valence-corrected chi connectivity index (χ4v) is 2.80. The van der Waals surface area contributed by atoms with Crippen LogP contribution in [0.25, 0.3) is 10.8 Å². The second-order valence-corrected chi connectivity index (χ2v) is 4.71. The minimum Gasteiger partial charge on any atom is -0.324 e. The van der Waals surface area contributed by atoms with Crippen LogP contribution >= 0.6 is 0 Å². The lowest BCUT2D eigenvalue weighted by Gasteiger charge is -2.14. The first-order chi connectivity index (χ1) is 7.86. The molecule has 0 aromatic heterocycles. The minimum atomic E-state index is 0.238. The molecule has 2 aromatic carbocycles. The Morgan fingerprint density at radius 3 is 2.81 bits per heavy atom. The van der Waals surface area contributed by atoms with Crippen molar-refractivity contribution in [3.63, 3.8) is 0 Å². The molecule has 82 valence electrons. The number of benzene rings is 2. The van der Waals surface area contributed by atoms with Crippen LogP contribution in [0.3, 0.4) is 0 Å². The zero-order valence-corrected chi connectivity index (χ0v) is 9.45. The van der Waals surface area contributed by atoms with Gasteiger partial charge in [0, 0.05) is 6.04 Å². The fraction of sp³-hybridized carbons (Fsp3) is 0.333. The third-order valence-corrected chi connectivity index (χ3v) is 3.67. The molecule has 2 aromatic rings. The van der Waals surface area contributed by atoms with E-state index >= 15 is 0 Å². The van der Waals surface area contributed by atoms with Crippen LogP contribution in [0.15, 0.2) is 36.4 Å². The number of nitrogens with two attached hydrogens (primary N) is 1. The molecule has 1 unspecified atom stereocenters. The Balaban J connectivity index is 2.28. The number of fused-ring (bicyclic) bond motifs is 3. The van der Waals surface area contributed by atoms with E-state index < -0.39 is 0 Å². The van der Waals surface area contributed by atoms with Gasteiger partial charge in [-0.15, -0.1) is 0 Å². The summed E-state index contributed by atoms with van der Waals surface area (Å²) in [6, 6.07) is 13.3. The third-order valence-electron chi connectivity index (χ3n) is 3.67. The standard InChI is InChI=1S/C15H17N/c16-15-8-4-3-7-13-12-6-2-1-5-11(12)9-10-14(13)15/h1-2,5-6,9-10,15H,3-4,7-8,16H2. The van der Waals surface area contributed by atoms with Crippen LogP contribution in [0, 0.1) is 0 Å². The van der Waals surface area contributed by atoms with Crippen molar-refractivity contribution in [3.8, 4) is 0 Å². The molecular formula is C15H17N. The monoisotopic (exact) mass is 211 g/mol. The van der Waals surface area contributed by atoms with Gasteiger partial charge in [-0.2, -0.15) is 0 Å². The van der Waals surface area contributed by atoms with Crippen LogP contribution < -0.4 is 5.73 Å². The van der Waals surface area contributed by atoms with Crippen LogP contribution in [0.2, 0.25) is 0 Å². The quantitative estimate of drug-likeness (QED) is 0.662. The van der Waals surface area contributed by atoms with E-state index in [1.807, 2.05) is 0 Å². The lowest BCUT2D eigenvalue weighted by atomic mass is 9.94. The van der Waals surface area contributed by atoms with Crippen molar-refractivity contribution in [2.45, 2.75) is 31.7 Å². The maximum atomic E-state index is 6.24. The van der Waals surface area contributed by atoms with E-state index in [9.17, 15) is 0 Å². The lowest BCUT2D eigenvalue weighted by Crippen LogP contribution is -2.10. The summed E-state index contributed by atoms with van der Waals surface area (Å²) in [4.78, 5) is 0. The van der Waals surface area contributed by atoms with Crippen molar-refractivity contribution < 1.29 is 0 Å². The fourth-order valence-electron chi connectivity index (χ4n) is 2.80. The van der Waals surface area contributed by atoms with Gasteiger partial charge in [-0.1, -0.05) is 42.8 Å². The Hall–Kier alpha value is -1.34. The molecule has 1 nitrogen and oxygen atoms in total. The highest BCUT2D eigenvalue weighted by molar-refractivity contribution is 5.87. The lowest BCUT2D eigenvalue weighted by molar-refractivity contribution is 0.615. The van der Waals surface area contributed by atoms with E-state index in [1.54, 1.807) is 0 Å². The van der Waals surface area contributed by atoms with Gasteiger partial charge in [0.05, 0.1) is 0 Å². The molecule has 0 aliphatic heterocycles. The maximum absolute atomic E-state index is 6.24. The molecule has 1 aliphatic carbocycles. The maximum Gasteiger partial charge on any atom is 0.0297 e. The minimum absolute atomic E-state index is 0.238. The van der Waals surface area contributed by atoms with Crippen LogP contribution in [0.5, 0.6) is 0 Å². The summed E-state index contributed by atoms with van der Waals surface area (Å²) in [5, 5.41) is 2.74. The molecule has 0 saturated heterocycles. The summed E-state index contributed by atoms with van der Waals surface area (Å²) in [5.74, 6) is 0. The molecule has 0 saturated carbocycles. The predicted octanol–water partition coefficient (Wildman–Crippen LogP) is 3.57. The van der Waals surface area contributed by atoms with Crippen LogP contribution in [0.1, 0.15) is 36.4 Å². The van der Waals surface area contributed by atoms with Gasteiger partial charge in [-0.3, -0.25) is 0 Å². The van der Waals surface area contributed by atoms with Gasteiger partial charge < -0.3 is 5.73 Å². The molecule has 1 aliphatic rings. The molecule has 0 spiro atoms. The van der Waals surface area contributed by atoms with Crippen molar-refractivity contribution in [1.29, 1.82) is 0 Å². The largest absolute Gasteiger partial charge is 0.324 e. The number of aryl methyl sites for hydroxylation is 1. The van der Waals surface area contributed by atoms with E-state index in [2.05, 4.69) is 36.4 Å².